The lowest BCUT2D eigenvalue weighted by Crippen LogP contribution is -2.14. The molecule has 4 aromatic heterocycles. The Balaban J connectivity index is 1.34. The van der Waals surface area contributed by atoms with Gasteiger partial charge < -0.3 is 14.5 Å². The summed E-state index contributed by atoms with van der Waals surface area (Å²) in [5.41, 5.74) is 4.60. The highest BCUT2D eigenvalue weighted by atomic mass is 16.5. The van der Waals surface area contributed by atoms with E-state index in [1.807, 2.05) is 72.6 Å². The first-order valence-corrected chi connectivity index (χ1v) is 10.8. The summed E-state index contributed by atoms with van der Waals surface area (Å²) in [6, 6.07) is 13.2. The van der Waals surface area contributed by atoms with Crippen LogP contribution >= 0.6 is 0 Å². The van der Waals surface area contributed by atoms with Crippen LogP contribution in [0.2, 0.25) is 0 Å². The van der Waals surface area contributed by atoms with Crippen molar-refractivity contribution < 1.29 is 9.53 Å². The Bertz CT molecular complexity index is 1470. The molecule has 0 spiro atoms. The molecule has 5 aromatic rings. The van der Waals surface area contributed by atoms with E-state index in [1.165, 1.54) is 0 Å². The summed E-state index contributed by atoms with van der Waals surface area (Å²) >= 11 is 0. The quantitative estimate of drug-likeness (QED) is 0.410. The molecule has 5 rings (SSSR count). The van der Waals surface area contributed by atoms with Gasteiger partial charge in [0.05, 0.1) is 29.3 Å². The summed E-state index contributed by atoms with van der Waals surface area (Å²) in [7, 11) is 0. The number of benzene rings is 1. The Morgan fingerprint density at radius 1 is 1.12 bits per heavy atom. The molecule has 4 heterocycles. The monoisotopic (exact) mass is 440 g/mol. The summed E-state index contributed by atoms with van der Waals surface area (Å²) in [5, 5.41) is 8.16. The van der Waals surface area contributed by atoms with Crippen molar-refractivity contribution in [3.63, 3.8) is 0 Å². The van der Waals surface area contributed by atoms with Crippen LogP contribution in [0.3, 0.4) is 0 Å². The minimum absolute atomic E-state index is 0.205. The number of pyridine rings is 2. The molecule has 166 valence electrons. The van der Waals surface area contributed by atoms with Crippen molar-refractivity contribution in [2.45, 2.75) is 33.4 Å². The second kappa shape index (κ2) is 8.38. The van der Waals surface area contributed by atoms with Gasteiger partial charge in [-0.1, -0.05) is 18.2 Å². The molecule has 0 unspecified atom stereocenters. The number of imidazole rings is 1. The Kier molecular flexibility index (Phi) is 5.26. The van der Waals surface area contributed by atoms with Crippen LogP contribution in [0.4, 0.5) is 5.69 Å². The zero-order valence-corrected chi connectivity index (χ0v) is 18.7. The zero-order valence-electron chi connectivity index (χ0n) is 18.7. The molecule has 1 N–H and O–H groups in total. The number of para-hydroxylation sites is 1. The minimum atomic E-state index is -0.270. The van der Waals surface area contributed by atoms with Gasteiger partial charge in [-0.2, -0.15) is 5.10 Å². The molecule has 0 saturated carbocycles. The minimum Gasteiger partial charge on any atom is -0.486 e. The molecule has 0 aliphatic rings. The number of hydrogen-bond donors (Lipinski definition) is 1. The topological polar surface area (TPSA) is 86.3 Å². The van der Waals surface area contributed by atoms with E-state index in [4.69, 9.17) is 4.74 Å². The van der Waals surface area contributed by atoms with Gasteiger partial charge in [0.1, 0.15) is 18.0 Å². The van der Waals surface area contributed by atoms with Crippen molar-refractivity contribution in [3.8, 4) is 5.75 Å². The molecule has 0 saturated heterocycles. The number of fused-ring (bicyclic) bond motifs is 2. The van der Waals surface area contributed by atoms with Crippen molar-refractivity contribution in [2.24, 2.45) is 0 Å². The second-order valence-corrected chi connectivity index (χ2v) is 8.21. The van der Waals surface area contributed by atoms with E-state index in [2.05, 4.69) is 20.4 Å². The van der Waals surface area contributed by atoms with Gasteiger partial charge in [-0.15, -0.1) is 0 Å². The molecule has 33 heavy (non-hydrogen) atoms. The number of nitrogens with one attached hydrogen (secondary N) is 1. The molecular weight excluding hydrogens is 416 g/mol. The van der Waals surface area contributed by atoms with Gasteiger partial charge >= 0.3 is 0 Å². The normalized spacial score (nSPS) is 11.4. The summed E-state index contributed by atoms with van der Waals surface area (Å²) < 4.78 is 9.81. The zero-order chi connectivity index (χ0) is 22.9. The molecule has 8 nitrogen and oxygen atoms in total. The third-order valence-electron chi connectivity index (χ3n) is 5.42. The summed E-state index contributed by atoms with van der Waals surface area (Å²) in [6.07, 6.45) is 7.29. The van der Waals surface area contributed by atoms with Crippen LogP contribution in [-0.2, 0) is 6.61 Å². The van der Waals surface area contributed by atoms with Gasteiger partial charge in [0.25, 0.3) is 5.91 Å². The van der Waals surface area contributed by atoms with Crippen molar-refractivity contribution in [1.82, 2.24) is 24.1 Å². The van der Waals surface area contributed by atoms with Crippen LogP contribution in [0.5, 0.6) is 5.75 Å². The highest BCUT2D eigenvalue weighted by Gasteiger charge is 2.15. The Hall–Kier alpha value is -4.20. The van der Waals surface area contributed by atoms with Crippen molar-refractivity contribution >= 4 is 28.3 Å². The maximum Gasteiger partial charge on any atom is 0.259 e. The van der Waals surface area contributed by atoms with E-state index in [-0.39, 0.29) is 18.6 Å². The van der Waals surface area contributed by atoms with Crippen molar-refractivity contribution in [3.05, 3.63) is 84.1 Å². The molecule has 8 heteroatoms. The van der Waals surface area contributed by atoms with Crippen LogP contribution in [0.25, 0.3) is 16.7 Å². The smallest absolute Gasteiger partial charge is 0.259 e. The number of aromatic nitrogens is 5. The second-order valence-electron chi connectivity index (χ2n) is 8.21. The number of carbonyl (C=O) groups is 1. The highest BCUT2D eigenvalue weighted by Crippen LogP contribution is 2.23. The molecule has 0 fully saturated rings. The van der Waals surface area contributed by atoms with Crippen LogP contribution in [0, 0.1) is 6.92 Å². The number of hydrogen-bond acceptors (Lipinski definition) is 5. The van der Waals surface area contributed by atoms with Crippen molar-refractivity contribution in [2.75, 3.05) is 5.32 Å². The van der Waals surface area contributed by atoms with Gasteiger partial charge in [0.2, 0.25) is 0 Å². The predicted molar refractivity (Wildman–Crippen MR) is 127 cm³/mol. The summed E-state index contributed by atoms with van der Waals surface area (Å²) in [5.74, 6) is 0.222. The predicted octanol–water partition coefficient (Wildman–Crippen LogP) is 4.80. The lowest BCUT2D eigenvalue weighted by molar-refractivity contribution is 0.102. The number of anilines is 1. The fourth-order valence-corrected chi connectivity index (χ4v) is 3.79. The lowest BCUT2D eigenvalue weighted by atomic mass is 10.2. The maximum atomic E-state index is 13.0. The molecule has 1 amide bonds. The van der Waals surface area contributed by atoms with E-state index in [9.17, 15) is 4.79 Å². The average molecular weight is 441 g/mol. The third-order valence-corrected chi connectivity index (χ3v) is 5.42. The summed E-state index contributed by atoms with van der Waals surface area (Å²) in [4.78, 5) is 22.1. The first-order chi connectivity index (χ1) is 16.0. The van der Waals surface area contributed by atoms with Crippen LogP contribution in [0.1, 0.15) is 41.5 Å². The van der Waals surface area contributed by atoms with E-state index < -0.39 is 0 Å². The fourth-order valence-electron chi connectivity index (χ4n) is 3.79. The van der Waals surface area contributed by atoms with Crippen LogP contribution < -0.4 is 10.1 Å². The van der Waals surface area contributed by atoms with Crippen molar-refractivity contribution in [1.29, 1.82) is 0 Å². The molecule has 0 atom stereocenters. The first-order valence-electron chi connectivity index (χ1n) is 10.8. The number of aryl methyl sites for hydroxylation is 1. The molecule has 0 bridgehead atoms. The number of nitrogens with zero attached hydrogens (tertiary/aromatic N) is 5. The number of amides is 1. The van der Waals surface area contributed by atoms with Gasteiger partial charge in [-0.3, -0.25) is 4.79 Å². The molecule has 0 aliphatic heterocycles. The van der Waals surface area contributed by atoms with Gasteiger partial charge in [0.15, 0.2) is 5.65 Å². The van der Waals surface area contributed by atoms with Gasteiger partial charge in [-0.25, -0.2) is 14.6 Å². The molecule has 1 aromatic carbocycles. The first kappa shape index (κ1) is 20.7. The maximum absolute atomic E-state index is 13.0. The van der Waals surface area contributed by atoms with Gasteiger partial charge in [0, 0.05) is 23.8 Å². The van der Waals surface area contributed by atoms with E-state index >= 15 is 0 Å². The standard InChI is InChI=1S/C25H24N6O2/c1-16(2)31-24-18(12-27-31)11-19(13-26-24)29-25(32)21-8-4-5-9-22(21)33-15-20-14-30-10-6-7-17(3)23(30)28-20/h4-14,16H,15H2,1-3H3,(H,29,32). The van der Waals surface area contributed by atoms with Crippen LogP contribution in [-0.4, -0.2) is 30.1 Å². The van der Waals surface area contributed by atoms with E-state index in [1.54, 1.807) is 24.5 Å². The van der Waals surface area contributed by atoms with Crippen LogP contribution in [0.15, 0.2) is 67.3 Å². The fraction of sp³-hybridized carbons (Fsp3) is 0.200. The third kappa shape index (κ3) is 4.03. The average Bonchev–Trinajstić information content (AvgIpc) is 3.42. The van der Waals surface area contributed by atoms with E-state index in [0.717, 1.165) is 27.9 Å². The molecule has 0 radical (unpaired) electrons. The highest BCUT2D eigenvalue weighted by molar-refractivity contribution is 6.06. The number of rotatable bonds is 6. The summed E-state index contributed by atoms with van der Waals surface area (Å²) in [6.45, 7) is 6.38. The Labute approximate surface area is 190 Å². The molecular formula is C25H24N6O2. The Morgan fingerprint density at radius 2 is 1.97 bits per heavy atom. The SMILES string of the molecule is Cc1cccn2cc(COc3ccccc3C(=O)Nc3cnc4c(cnn4C(C)C)c3)nc12. The largest absolute Gasteiger partial charge is 0.486 e. The number of ether oxygens (including phenoxy) is 1. The van der Waals surface area contributed by atoms with E-state index in [0.29, 0.717) is 17.0 Å². The van der Waals surface area contributed by atoms with Gasteiger partial charge in [-0.05, 0) is 50.6 Å². The molecule has 0 aliphatic carbocycles. The number of carbonyl (C=O) groups excluding carboxylic acids is 1. The Morgan fingerprint density at radius 3 is 2.79 bits per heavy atom. The lowest BCUT2D eigenvalue weighted by Gasteiger charge is -2.11.